The fraction of sp³-hybridized carbons (Fsp3) is 0.235. The Kier molecular flexibility index (Phi) is 3.47. The van der Waals surface area contributed by atoms with E-state index in [0.717, 1.165) is 4.47 Å². The molecule has 128 valence electrons. The van der Waals surface area contributed by atoms with Gasteiger partial charge in [0, 0.05) is 34.3 Å². The summed E-state index contributed by atoms with van der Waals surface area (Å²) < 4.78 is 7.04. The van der Waals surface area contributed by atoms with E-state index in [0.29, 0.717) is 23.4 Å². The van der Waals surface area contributed by atoms with Gasteiger partial charge in [-0.15, -0.1) is 0 Å². The van der Waals surface area contributed by atoms with Crippen molar-refractivity contribution in [1.29, 1.82) is 0 Å². The minimum absolute atomic E-state index is 0.0180. The van der Waals surface area contributed by atoms with E-state index >= 15 is 0 Å². The van der Waals surface area contributed by atoms with E-state index in [4.69, 9.17) is 4.74 Å². The lowest BCUT2D eigenvalue weighted by atomic mass is 9.90. The zero-order chi connectivity index (χ0) is 17.8. The van der Waals surface area contributed by atoms with Crippen molar-refractivity contribution in [2.75, 3.05) is 4.90 Å². The van der Waals surface area contributed by atoms with Crippen LogP contribution in [0.1, 0.15) is 24.9 Å². The number of hydrogen-bond donors (Lipinski definition) is 1. The van der Waals surface area contributed by atoms with Crippen LogP contribution in [0.25, 0.3) is 0 Å². The number of carbonyl (C=O) groups is 1. The molecule has 7 nitrogen and oxygen atoms in total. The molecular weight excluding hydrogens is 390 g/mol. The van der Waals surface area contributed by atoms with Gasteiger partial charge in [-0.2, -0.15) is 0 Å². The average molecular weight is 404 g/mol. The summed E-state index contributed by atoms with van der Waals surface area (Å²) in [4.78, 5) is 24.9. The monoisotopic (exact) mass is 403 g/mol. The van der Waals surface area contributed by atoms with Gasteiger partial charge in [-0.3, -0.25) is 15.0 Å². The lowest BCUT2D eigenvalue weighted by Crippen LogP contribution is -2.65. The maximum Gasteiger partial charge on any atom is 0.325 e. The first kappa shape index (κ1) is 15.9. The summed E-state index contributed by atoms with van der Waals surface area (Å²) >= 11 is 3.39. The zero-order valence-corrected chi connectivity index (χ0v) is 14.8. The van der Waals surface area contributed by atoms with Crippen LogP contribution in [-0.2, 0) is 0 Å². The standard InChI is InChI=1S/C17H14BrN3O4/c1-17-9-14(13-8-12(21(23)24)6-7-15(13)25-17)19-16(22)20(17)11-4-2-10(18)3-5-11/h2-8,14H,9H2,1H3,(H,19,22)/t14-,17-/m0/s1. The van der Waals surface area contributed by atoms with Crippen LogP contribution in [0, 0.1) is 10.1 Å². The molecule has 0 unspecified atom stereocenters. The number of rotatable bonds is 2. The predicted molar refractivity (Wildman–Crippen MR) is 94.6 cm³/mol. The first-order chi connectivity index (χ1) is 11.9. The predicted octanol–water partition coefficient (Wildman–Crippen LogP) is 4.13. The first-order valence-electron chi connectivity index (χ1n) is 7.71. The van der Waals surface area contributed by atoms with Crippen molar-refractivity contribution >= 4 is 33.3 Å². The van der Waals surface area contributed by atoms with E-state index in [1.165, 1.54) is 12.1 Å². The third-order valence-electron chi connectivity index (χ3n) is 4.55. The van der Waals surface area contributed by atoms with Crippen molar-refractivity contribution < 1.29 is 14.5 Å². The van der Waals surface area contributed by atoms with Crippen molar-refractivity contribution in [3.8, 4) is 5.75 Å². The highest BCUT2D eigenvalue weighted by molar-refractivity contribution is 9.10. The van der Waals surface area contributed by atoms with Gasteiger partial charge in [-0.05, 0) is 37.3 Å². The van der Waals surface area contributed by atoms with Crippen LogP contribution in [0.3, 0.4) is 0 Å². The Hall–Kier alpha value is -2.61. The van der Waals surface area contributed by atoms with Crippen molar-refractivity contribution in [1.82, 2.24) is 5.32 Å². The zero-order valence-electron chi connectivity index (χ0n) is 13.2. The quantitative estimate of drug-likeness (QED) is 0.603. The fourth-order valence-electron chi connectivity index (χ4n) is 3.46. The molecule has 1 N–H and O–H groups in total. The van der Waals surface area contributed by atoms with Gasteiger partial charge in [0.1, 0.15) is 5.75 Å². The molecule has 0 spiro atoms. The number of nitro benzene ring substituents is 1. The van der Waals surface area contributed by atoms with E-state index in [9.17, 15) is 14.9 Å². The molecule has 0 aromatic heterocycles. The van der Waals surface area contributed by atoms with Gasteiger partial charge in [0.25, 0.3) is 5.69 Å². The smallest absolute Gasteiger partial charge is 0.325 e. The normalized spacial score (nSPS) is 24.2. The molecular formula is C17H14BrN3O4. The van der Waals surface area contributed by atoms with Gasteiger partial charge in [0.05, 0.1) is 11.0 Å². The molecule has 2 bridgehead atoms. The topological polar surface area (TPSA) is 84.7 Å². The molecule has 1 fully saturated rings. The molecule has 2 atom stereocenters. The lowest BCUT2D eigenvalue weighted by molar-refractivity contribution is -0.385. The SMILES string of the molecule is C[C@]12C[C@H](NC(=O)N1c1ccc(Br)cc1)c1cc([N+](=O)[O-])ccc1O2. The van der Waals surface area contributed by atoms with Gasteiger partial charge < -0.3 is 10.1 Å². The number of hydrogen-bond acceptors (Lipinski definition) is 4. The van der Waals surface area contributed by atoms with E-state index in [1.54, 1.807) is 11.0 Å². The fourth-order valence-corrected chi connectivity index (χ4v) is 3.72. The molecule has 4 rings (SSSR count). The largest absolute Gasteiger partial charge is 0.467 e. The Balaban J connectivity index is 1.77. The van der Waals surface area contributed by atoms with Crippen molar-refractivity contribution in [3.05, 3.63) is 62.6 Å². The van der Waals surface area contributed by atoms with E-state index in [2.05, 4.69) is 21.2 Å². The molecule has 2 amide bonds. The second-order valence-corrected chi connectivity index (χ2v) is 7.19. The number of nitrogens with one attached hydrogen (secondary N) is 1. The molecule has 2 aromatic rings. The number of halogens is 1. The third-order valence-corrected chi connectivity index (χ3v) is 5.08. The highest BCUT2D eigenvalue weighted by atomic mass is 79.9. The molecule has 0 saturated carbocycles. The Morgan fingerprint density at radius 1 is 1.32 bits per heavy atom. The summed E-state index contributed by atoms with van der Waals surface area (Å²) in [6.07, 6.45) is 0.489. The third kappa shape index (κ3) is 2.53. The molecule has 1 saturated heterocycles. The highest BCUT2D eigenvalue weighted by Gasteiger charge is 2.50. The second kappa shape index (κ2) is 5.45. The van der Waals surface area contributed by atoms with Gasteiger partial charge in [-0.25, -0.2) is 4.79 Å². The summed E-state index contributed by atoms with van der Waals surface area (Å²) in [6, 6.07) is 11.2. The van der Waals surface area contributed by atoms with Gasteiger partial charge in [-0.1, -0.05) is 15.9 Å². The molecule has 2 heterocycles. The summed E-state index contributed by atoms with van der Waals surface area (Å²) in [5, 5.41) is 13.9. The molecule has 2 aromatic carbocycles. The number of anilines is 1. The summed E-state index contributed by atoms with van der Waals surface area (Å²) in [7, 11) is 0. The molecule has 2 aliphatic rings. The number of fused-ring (bicyclic) bond motifs is 4. The molecule has 2 aliphatic heterocycles. The van der Waals surface area contributed by atoms with E-state index in [-0.39, 0.29) is 17.8 Å². The maximum atomic E-state index is 12.7. The highest BCUT2D eigenvalue weighted by Crippen LogP contribution is 2.46. The van der Waals surface area contributed by atoms with Crippen LogP contribution in [-0.4, -0.2) is 16.7 Å². The molecule has 0 aliphatic carbocycles. The Bertz CT molecular complexity index is 886. The number of nitro groups is 1. The number of carbonyl (C=O) groups excluding carboxylic acids is 1. The van der Waals surface area contributed by atoms with Crippen LogP contribution in [0.5, 0.6) is 5.75 Å². The van der Waals surface area contributed by atoms with Gasteiger partial charge >= 0.3 is 6.03 Å². The second-order valence-electron chi connectivity index (χ2n) is 6.27. The minimum Gasteiger partial charge on any atom is -0.467 e. The number of nitrogens with zero attached hydrogens (tertiary/aromatic N) is 2. The lowest BCUT2D eigenvalue weighted by Gasteiger charge is -2.50. The van der Waals surface area contributed by atoms with E-state index in [1.807, 2.05) is 31.2 Å². The van der Waals surface area contributed by atoms with Crippen molar-refractivity contribution in [2.24, 2.45) is 0 Å². The Morgan fingerprint density at radius 3 is 2.72 bits per heavy atom. The Labute approximate surface area is 151 Å². The maximum absolute atomic E-state index is 12.7. The minimum atomic E-state index is -0.871. The summed E-state index contributed by atoms with van der Waals surface area (Å²) in [6.45, 7) is 1.85. The van der Waals surface area contributed by atoms with Crippen LogP contribution in [0.2, 0.25) is 0 Å². The van der Waals surface area contributed by atoms with Gasteiger partial charge in [0.2, 0.25) is 0 Å². The summed E-state index contributed by atoms with van der Waals surface area (Å²) in [5.41, 5.74) is 0.460. The molecule has 25 heavy (non-hydrogen) atoms. The molecule has 8 heteroatoms. The summed E-state index contributed by atoms with van der Waals surface area (Å²) in [5.74, 6) is 0.548. The average Bonchev–Trinajstić information content (AvgIpc) is 2.55. The number of ether oxygens (including phenoxy) is 1. The van der Waals surface area contributed by atoms with Crippen LogP contribution >= 0.6 is 15.9 Å². The Morgan fingerprint density at radius 2 is 2.04 bits per heavy atom. The first-order valence-corrected chi connectivity index (χ1v) is 8.50. The van der Waals surface area contributed by atoms with Crippen LogP contribution in [0.15, 0.2) is 46.9 Å². The number of urea groups is 1. The van der Waals surface area contributed by atoms with Crippen molar-refractivity contribution in [2.45, 2.75) is 25.1 Å². The number of amides is 2. The van der Waals surface area contributed by atoms with Gasteiger partial charge in [0.15, 0.2) is 5.72 Å². The van der Waals surface area contributed by atoms with Crippen LogP contribution < -0.4 is 15.0 Å². The number of benzene rings is 2. The van der Waals surface area contributed by atoms with Crippen LogP contribution in [0.4, 0.5) is 16.2 Å². The number of non-ortho nitro benzene ring substituents is 1. The van der Waals surface area contributed by atoms with E-state index < -0.39 is 10.6 Å². The van der Waals surface area contributed by atoms with Crippen molar-refractivity contribution in [3.63, 3.8) is 0 Å². The molecule has 0 radical (unpaired) electrons.